The van der Waals surface area contributed by atoms with Gasteiger partial charge in [-0.3, -0.25) is 0 Å². The minimum atomic E-state index is -0.230. The van der Waals surface area contributed by atoms with Gasteiger partial charge in [-0.15, -0.1) is 0 Å². The first-order valence-corrected chi connectivity index (χ1v) is 5.08. The second-order valence-electron chi connectivity index (χ2n) is 3.49. The lowest BCUT2D eigenvalue weighted by Crippen LogP contribution is -2.38. The first-order chi connectivity index (χ1) is 6.02. The molecule has 1 aromatic rings. The molecule has 4 N–H and O–H groups in total. The van der Waals surface area contributed by atoms with Gasteiger partial charge in [0.05, 0.1) is 6.04 Å². The Hall–Kier alpha value is -0.320. The smallest absolute Gasteiger partial charge is 0.169 e. The summed E-state index contributed by atoms with van der Waals surface area (Å²) in [6.07, 6.45) is 0. The maximum atomic E-state index is 5.91. The lowest BCUT2D eigenvalue weighted by Gasteiger charge is -2.21. The molecule has 0 spiro atoms. The standard InChI is InChI=1S/C9H15BrN2O/c1-5(2)8(11)9(12)6-3-4-7(10)13-6/h3-5,8-9H,11-12H2,1-2H3. The summed E-state index contributed by atoms with van der Waals surface area (Å²) in [4.78, 5) is 0. The number of furan rings is 1. The van der Waals surface area contributed by atoms with E-state index in [1.165, 1.54) is 0 Å². The third kappa shape index (κ3) is 2.56. The molecule has 0 saturated heterocycles. The van der Waals surface area contributed by atoms with Gasteiger partial charge in [-0.1, -0.05) is 13.8 Å². The zero-order chi connectivity index (χ0) is 10.0. The molecular formula is C9H15BrN2O. The van der Waals surface area contributed by atoms with E-state index in [2.05, 4.69) is 15.9 Å². The monoisotopic (exact) mass is 246 g/mol. The average Bonchev–Trinajstić information content (AvgIpc) is 2.49. The molecule has 0 saturated carbocycles. The molecule has 74 valence electrons. The van der Waals surface area contributed by atoms with Crippen LogP contribution in [0.1, 0.15) is 25.6 Å². The SMILES string of the molecule is CC(C)C(N)C(N)c1ccc(Br)o1. The molecule has 0 bridgehead atoms. The molecule has 2 atom stereocenters. The van der Waals surface area contributed by atoms with Crippen molar-refractivity contribution >= 4 is 15.9 Å². The zero-order valence-corrected chi connectivity index (χ0v) is 9.41. The lowest BCUT2D eigenvalue weighted by molar-refractivity contribution is 0.360. The lowest BCUT2D eigenvalue weighted by atomic mass is 9.96. The van der Waals surface area contributed by atoms with Gasteiger partial charge in [-0.25, -0.2) is 0 Å². The van der Waals surface area contributed by atoms with Crippen molar-refractivity contribution in [2.75, 3.05) is 0 Å². The molecule has 1 rings (SSSR count). The summed E-state index contributed by atoms with van der Waals surface area (Å²) >= 11 is 3.22. The zero-order valence-electron chi connectivity index (χ0n) is 7.83. The van der Waals surface area contributed by atoms with Crippen molar-refractivity contribution in [3.8, 4) is 0 Å². The molecule has 0 radical (unpaired) electrons. The van der Waals surface area contributed by atoms with Crippen molar-refractivity contribution < 1.29 is 4.42 Å². The Labute approximate surface area is 86.6 Å². The summed E-state index contributed by atoms with van der Waals surface area (Å²) in [6, 6.07) is 3.36. The maximum Gasteiger partial charge on any atom is 0.169 e. The molecule has 1 heterocycles. The quantitative estimate of drug-likeness (QED) is 0.858. The van der Waals surface area contributed by atoms with E-state index in [4.69, 9.17) is 15.9 Å². The van der Waals surface area contributed by atoms with Crippen molar-refractivity contribution in [3.05, 3.63) is 22.6 Å². The van der Waals surface area contributed by atoms with Gasteiger partial charge in [0, 0.05) is 6.04 Å². The number of hydrogen-bond acceptors (Lipinski definition) is 3. The van der Waals surface area contributed by atoms with Gasteiger partial charge in [0.15, 0.2) is 4.67 Å². The van der Waals surface area contributed by atoms with Crippen molar-refractivity contribution in [2.24, 2.45) is 17.4 Å². The van der Waals surface area contributed by atoms with E-state index < -0.39 is 0 Å². The number of hydrogen-bond donors (Lipinski definition) is 2. The van der Waals surface area contributed by atoms with E-state index in [1.54, 1.807) is 0 Å². The average molecular weight is 247 g/mol. The second-order valence-corrected chi connectivity index (χ2v) is 4.27. The fraction of sp³-hybridized carbons (Fsp3) is 0.556. The van der Waals surface area contributed by atoms with E-state index in [1.807, 2.05) is 26.0 Å². The molecule has 0 aliphatic heterocycles. The summed E-state index contributed by atoms with van der Waals surface area (Å²) < 4.78 is 6.02. The van der Waals surface area contributed by atoms with Gasteiger partial charge in [0.1, 0.15) is 5.76 Å². The van der Waals surface area contributed by atoms with Gasteiger partial charge < -0.3 is 15.9 Å². The van der Waals surface area contributed by atoms with Crippen molar-refractivity contribution in [2.45, 2.75) is 25.9 Å². The normalized spacial score (nSPS) is 16.2. The van der Waals surface area contributed by atoms with Crippen LogP contribution in [0.2, 0.25) is 0 Å². The van der Waals surface area contributed by atoms with Gasteiger partial charge in [0.25, 0.3) is 0 Å². The fourth-order valence-electron chi connectivity index (χ4n) is 1.11. The molecule has 0 aromatic carbocycles. The van der Waals surface area contributed by atoms with Gasteiger partial charge >= 0.3 is 0 Å². The van der Waals surface area contributed by atoms with Crippen LogP contribution in [0, 0.1) is 5.92 Å². The Morgan fingerprint density at radius 3 is 2.31 bits per heavy atom. The van der Waals surface area contributed by atoms with Gasteiger partial charge in [0.2, 0.25) is 0 Å². The van der Waals surface area contributed by atoms with Crippen molar-refractivity contribution in [1.29, 1.82) is 0 Å². The topological polar surface area (TPSA) is 65.2 Å². The van der Waals surface area contributed by atoms with Crippen LogP contribution in [0.25, 0.3) is 0 Å². The molecule has 1 aromatic heterocycles. The van der Waals surface area contributed by atoms with Crippen LogP contribution in [0.4, 0.5) is 0 Å². The van der Waals surface area contributed by atoms with Crippen LogP contribution in [0.3, 0.4) is 0 Å². The summed E-state index contributed by atoms with van der Waals surface area (Å²) in [5, 5.41) is 0. The summed E-state index contributed by atoms with van der Waals surface area (Å²) in [6.45, 7) is 4.09. The van der Waals surface area contributed by atoms with Crippen LogP contribution >= 0.6 is 15.9 Å². The predicted octanol–water partition coefficient (Wildman–Crippen LogP) is 2.03. The Bertz CT molecular complexity index is 272. The summed E-state index contributed by atoms with van der Waals surface area (Å²) in [5.41, 5.74) is 11.8. The van der Waals surface area contributed by atoms with Gasteiger partial charge in [-0.05, 0) is 34.0 Å². The number of rotatable bonds is 3. The molecule has 2 unspecified atom stereocenters. The van der Waals surface area contributed by atoms with E-state index in [0.717, 1.165) is 5.76 Å². The Morgan fingerprint density at radius 2 is 1.92 bits per heavy atom. The first kappa shape index (κ1) is 10.8. The number of halogens is 1. The van der Waals surface area contributed by atoms with Gasteiger partial charge in [-0.2, -0.15) is 0 Å². The molecular weight excluding hydrogens is 232 g/mol. The highest BCUT2D eigenvalue weighted by molar-refractivity contribution is 9.10. The number of nitrogens with two attached hydrogens (primary N) is 2. The highest BCUT2D eigenvalue weighted by Crippen LogP contribution is 2.22. The molecule has 4 heteroatoms. The molecule has 0 aliphatic rings. The van der Waals surface area contributed by atoms with Crippen LogP contribution in [-0.4, -0.2) is 6.04 Å². The highest BCUT2D eigenvalue weighted by atomic mass is 79.9. The summed E-state index contributed by atoms with van der Waals surface area (Å²) in [7, 11) is 0. The van der Waals surface area contributed by atoms with E-state index >= 15 is 0 Å². The minimum absolute atomic E-state index is 0.0713. The van der Waals surface area contributed by atoms with E-state index in [-0.39, 0.29) is 12.1 Å². The van der Waals surface area contributed by atoms with E-state index in [9.17, 15) is 0 Å². The second kappa shape index (κ2) is 4.26. The van der Waals surface area contributed by atoms with Crippen molar-refractivity contribution in [1.82, 2.24) is 0 Å². The Kier molecular flexibility index (Phi) is 3.53. The molecule has 0 fully saturated rings. The minimum Gasteiger partial charge on any atom is -0.453 e. The predicted molar refractivity (Wildman–Crippen MR) is 56.1 cm³/mol. The van der Waals surface area contributed by atoms with Crippen LogP contribution in [0.15, 0.2) is 21.2 Å². The maximum absolute atomic E-state index is 5.91. The molecule has 0 aliphatic carbocycles. The molecule has 3 nitrogen and oxygen atoms in total. The largest absolute Gasteiger partial charge is 0.453 e. The Morgan fingerprint density at radius 1 is 1.31 bits per heavy atom. The summed E-state index contributed by atoms with van der Waals surface area (Å²) in [5.74, 6) is 1.08. The van der Waals surface area contributed by atoms with Crippen LogP contribution in [0.5, 0.6) is 0 Å². The highest BCUT2D eigenvalue weighted by Gasteiger charge is 2.21. The van der Waals surface area contributed by atoms with Crippen LogP contribution in [-0.2, 0) is 0 Å². The third-order valence-corrected chi connectivity index (χ3v) is 2.53. The fourth-order valence-corrected chi connectivity index (χ4v) is 1.43. The molecule has 0 amide bonds. The van der Waals surface area contributed by atoms with Crippen molar-refractivity contribution in [3.63, 3.8) is 0 Å². The Balaban J connectivity index is 2.73. The first-order valence-electron chi connectivity index (χ1n) is 4.28. The van der Waals surface area contributed by atoms with Crippen LogP contribution < -0.4 is 11.5 Å². The molecule has 13 heavy (non-hydrogen) atoms. The third-order valence-electron chi connectivity index (χ3n) is 2.11. The van der Waals surface area contributed by atoms with E-state index in [0.29, 0.717) is 10.6 Å².